The quantitative estimate of drug-likeness (QED) is 0.603. The van der Waals surface area contributed by atoms with Gasteiger partial charge in [-0.15, -0.1) is 0 Å². The Morgan fingerprint density at radius 2 is 2.38 bits per heavy atom. The highest BCUT2D eigenvalue weighted by molar-refractivity contribution is 5.92. The van der Waals surface area contributed by atoms with Crippen LogP contribution in [-0.4, -0.2) is 36.5 Å². The zero-order chi connectivity index (χ0) is 9.26. The van der Waals surface area contributed by atoms with Crippen molar-refractivity contribution >= 4 is 5.78 Å². The Labute approximate surface area is 78.4 Å². The van der Waals surface area contributed by atoms with Crippen LogP contribution in [0.25, 0.3) is 0 Å². The van der Waals surface area contributed by atoms with Gasteiger partial charge in [0.15, 0.2) is 5.78 Å². The minimum Gasteiger partial charge on any atom is -0.375 e. The molecule has 72 valence electrons. The van der Waals surface area contributed by atoms with Crippen molar-refractivity contribution in [2.75, 3.05) is 19.7 Å². The largest absolute Gasteiger partial charge is 0.375 e. The summed E-state index contributed by atoms with van der Waals surface area (Å²) in [6, 6.07) is 0. The number of ketones is 1. The molecule has 0 bridgehead atoms. The van der Waals surface area contributed by atoms with Crippen molar-refractivity contribution in [3.8, 4) is 0 Å². The lowest BCUT2D eigenvalue weighted by atomic mass is 10.2. The summed E-state index contributed by atoms with van der Waals surface area (Å²) in [5, 5.41) is 0. The van der Waals surface area contributed by atoms with Crippen LogP contribution in [0, 0.1) is 0 Å². The third-order valence-corrected chi connectivity index (χ3v) is 2.60. The van der Waals surface area contributed by atoms with Gasteiger partial charge in [-0.25, -0.2) is 0 Å². The van der Waals surface area contributed by atoms with Crippen molar-refractivity contribution in [2.45, 2.75) is 25.9 Å². The van der Waals surface area contributed by atoms with Crippen LogP contribution in [0.4, 0.5) is 0 Å². The second kappa shape index (κ2) is 3.50. The van der Waals surface area contributed by atoms with Gasteiger partial charge in [0.2, 0.25) is 0 Å². The molecular formula is C10H15NO2. The van der Waals surface area contributed by atoms with E-state index in [0.717, 1.165) is 26.1 Å². The Hall–Kier alpha value is -0.830. The van der Waals surface area contributed by atoms with E-state index in [4.69, 9.17) is 4.74 Å². The highest BCUT2D eigenvalue weighted by atomic mass is 16.5. The van der Waals surface area contributed by atoms with Gasteiger partial charge in [-0.3, -0.25) is 4.79 Å². The molecule has 2 aliphatic rings. The van der Waals surface area contributed by atoms with Crippen molar-refractivity contribution in [1.29, 1.82) is 0 Å². The Morgan fingerprint density at radius 1 is 1.54 bits per heavy atom. The summed E-state index contributed by atoms with van der Waals surface area (Å²) in [5.41, 5.74) is 1.21. The van der Waals surface area contributed by atoms with E-state index in [2.05, 4.69) is 11.8 Å². The average molecular weight is 181 g/mol. The highest BCUT2D eigenvalue weighted by Crippen LogP contribution is 2.21. The van der Waals surface area contributed by atoms with Crippen LogP contribution in [0.1, 0.15) is 19.8 Å². The standard InChI is InChI=1S/C10H15NO2/c1-8-7-11(4-5-13-8)9-2-3-10(12)6-9/h6,8H,2-5,7H2,1H3. The first-order chi connectivity index (χ1) is 6.25. The van der Waals surface area contributed by atoms with E-state index in [9.17, 15) is 4.79 Å². The van der Waals surface area contributed by atoms with E-state index < -0.39 is 0 Å². The van der Waals surface area contributed by atoms with Gasteiger partial charge in [-0.05, 0) is 13.3 Å². The molecule has 3 heteroatoms. The van der Waals surface area contributed by atoms with Crippen molar-refractivity contribution in [3.63, 3.8) is 0 Å². The first-order valence-electron chi connectivity index (χ1n) is 4.85. The average Bonchev–Trinajstić information content (AvgIpc) is 2.52. The summed E-state index contributed by atoms with van der Waals surface area (Å²) in [4.78, 5) is 13.3. The Morgan fingerprint density at radius 3 is 3.00 bits per heavy atom. The van der Waals surface area contributed by atoms with Crippen LogP contribution < -0.4 is 0 Å². The number of ether oxygens (including phenoxy) is 1. The molecule has 13 heavy (non-hydrogen) atoms. The van der Waals surface area contributed by atoms with E-state index in [1.807, 2.05) is 0 Å². The maximum absolute atomic E-state index is 11.0. The molecule has 0 spiro atoms. The predicted molar refractivity (Wildman–Crippen MR) is 49.3 cm³/mol. The van der Waals surface area contributed by atoms with Crippen molar-refractivity contribution in [2.24, 2.45) is 0 Å². The minimum absolute atomic E-state index is 0.272. The number of carbonyl (C=O) groups excluding carboxylic acids is 1. The van der Waals surface area contributed by atoms with Crippen molar-refractivity contribution in [3.05, 3.63) is 11.8 Å². The minimum atomic E-state index is 0.272. The van der Waals surface area contributed by atoms with Crippen LogP contribution in [-0.2, 0) is 9.53 Å². The van der Waals surface area contributed by atoms with Gasteiger partial charge >= 0.3 is 0 Å². The molecule has 1 aliphatic carbocycles. The van der Waals surface area contributed by atoms with Gasteiger partial charge < -0.3 is 9.64 Å². The first-order valence-corrected chi connectivity index (χ1v) is 4.85. The number of morpholine rings is 1. The molecule has 0 aromatic carbocycles. The number of carbonyl (C=O) groups is 1. The second-order valence-electron chi connectivity index (χ2n) is 3.73. The number of nitrogens with zero attached hydrogens (tertiary/aromatic N) is 1. The summed E-state index contributed by atoms with van der Waals surface area (Å²) in [6.07, 6.45) is 3.70. The molecule has 3 nitrogen and oxygen atoms in total. The summed E-state index contributed by atoms with van der Waals surface area (Å²) in [5.74, 6) is 0.272. The molecule has 0 amide bonds. The normalized spacial score (nSPS) is 29.3. The molecule has 0 aromatic rings. The van der Waals surface area contributed by atoms with Crippen LogP contribution in [0.2, 0.25) is 0 Å². The monoisotopic (exact) mass is 181 g/mol. The van der Waals surface area contributed by atoms with Crippen LogP contribution in [0.15, 0.2) is 11.8 Å². The Bertz CT molecular complexity index is 247. The van der Waals surface area contributed by atoms with E-state index in [0.29, 0.717) is 12.5 Å². The van der Waals surface area contributed by atoms with Gasteiger partial charge in [0, 0.05) is 31.3 Å². The molecule has 1 fully saturated rings. The van der Waals surface area contributed by atoms with Crippen LogP contribution in [0.3, 0.4) is 0 Å². The lowest BCUT2D eigenvalue weighted by Crippen LogP contribution is -2.40. The molecule has 2 rings (SSSR count). The van der Waals surface area contributed by atoms with E-state index in [1.54, 1.807) is 6.08 Å². The van der Waals surface area contributed by atoms with Crippen molar-refractivity contribution in [1.82, 2.24) is 4.90 Å². The molecule has 1 saturated heterocycles. The van der Waals surface area contributed by atoms with Crippen LogP contribution in [0.5, 0.6) is 0 Å². The topological polar surface area (TPSA) is 29.5 Å². The van der Waals surface area contributed by atoms with E-state index in [1.165, 1.54) is 5.70 Å². The van der Waals surface area contributed by atoms with E-state index in [-0.39, 0.29) is 5.78 Å². The van der Waals surface area contributed by atoms with E-state index >= 15 is 0 Å². The molecular weight excluding hydrogens is 166 g/mol. The molecule has 0 radical (unpaired) electrons. The number of hydrogen-bond acceptors (Lipinski definition) is 3. The highest BCUT2D eigenvalue weighted by Gasteiger charge is 2.22. The number of rotatable bonds is 1. The molecule has 1 atom stereocenters. The fourth-order valence-corrected chi connectivity index (χ4v) is 1.91. The zero-order valence-electron chi connectivity index (χ0n) is 7.95. The summed E-state index contributed by atoms with van der Waals surface area (Å²) in [7, 11) is 0. The second-order valence-corrected chi connectivity index (χ2v) is 3.73. The molecule has 0 saturated carbocycles. The zero-order valence-corrected chi connectivity index (χ0v) is 7.95. The van der Waals surface area contributed by atoms with Gasteiger partial charge in [0.25, 0.3) is 0 Å². The van der Waals surface area contributed by atoms with Gasteiger partial charge in [0.05, 0.1) is 12.7 Å². The predicted octanol–water partition coefficient (Wildman–Crippen LogP) is 0.954. The van der Waals surface area contributed by atoms with Gasteiger partial charge in [-0.2, -0.15) is 0 Å². The molecule has 0 aromatic heterocycles. The first kappa shape index (κ1) is 8.75. The summed E-state index contributed by atoms with van der Waals surface area (Å²) in [6.45, 7) is 4.72. The lowest BCUT2D eigenvalue weighted by Gasteiger charge is -2.33. The molecule has 0 N–H and O–H groups in total. The summed E-state index contributed by atoms with van der Waals surface area (Å²) >= 11 is 0. The van der Waals surface area contributed by atoms with Gasteiger partial charge in [-0.1, -0.05) is 0 Å². The molecule has 1 heterocycles. The smallest absolute Gasteiger partial charge is 0.157 e. The van der Waals surface area contributed by atoms with Gasteiger partial charge in [0.1, 0.15) is 0 Å². The van der Waals surface area contributed by atoms with Crippen molar-refractivity contribution < 1.29 is 9.53 Å². The number of hydrogen-bond donors (Lipinski definition) is 0. The Balaban J connectivity index is 2.00. The molecule has 1 aliphatic heterocycles. The SMILES string of the molecule is CC1CN(C2=CC(=O)CC2)CCO1. The lowest BCUT2D eigenvalue weighted by molar-refractivity contribution is -0.114. The fourth-order valence-electron chi connectivity index (χ4n) is 1.91. The molecule has 1 unspecified atom stereocenters. The third kappa shape index (κ3) is 1.91. The fraction of sp³-hybridized carbons (Fsp3) is 0.700. The maximum Gasteiger partial charge on any atom is 0.157 e. The third-order valence-electron chi connectivity index (χ3n) is 2.60. The summed E-state index contributed by atoms with van der Waals surface area (Å²) < 4.78 is 5.44. The van der Waals surface area contributed by atoms with Crippen LogP contribution >= 0.6 is 0 Å². The maximum atomic E-state index is 11.0. The number of allylic oxidation sites excluding steroid dienone is 2. The Kier molecular flexibility index (Phi) is 2.36.